The second kappa shape index (κ2) is 11.0. The molecule has 4 rings (SSSR count). The average molecular weight is 480 g/mol. The molecule has 2 amide bonds. The maximum Gasteiger partial charge on any atom is 0.321 e. The van der Waals surface area contributed by atoms with Crippen molar-refractivity contribution >= 4 is 58.9 Å². The van der Waals surface area contributed by atoms with Crippen LogP contribution >= 0.6 is 24.8 Å². The van der Waals surface area contributed by atoms with Gasteiger partial charge in [-0.1, -0.05) is 18.2 Å². The number of nitrogens with one attached hydrogen (secondary N) is 1. The van der Waals surface area contributed by atoms with Gasteiger partial charge in [-0.15, -0.1) is 24.8 Å². The minimum atomic E-state index is -0.0938. The number of para-hydroxylation sites is 1. The third kappa shape index (κ3) is 5.20. The standard InChI is InChI=1S/C22H25N5O3.2ClH/c1-29-19-12-16-17(23)13-21(25-18(16)14-20(19)30-2)26-8-10-27(11-9-26)22(28)24-15-6-4-3-5-7-15;;/h3-7,12-14H,8-11H2,1-2H3,(H2,23,25)(H,24,28);2*1H. The molecular weight excluding hydrogens is 453 g/mol. The van der Waals surface area contributed by atoms with Crippen molar-refractivity contribution in [1.82, 2.24) is 9.88 Å². The van der Waals surface area contributed by atoms with E-state index in [0.717, 1.165) is 22.4 Å². The molecule has 3 aromatic rings. The number of rotatable bonds is 4. The molecule has 0 spiro atoms. The van der Waals surface area contributed by atoms with Gasteiger partial charge in [0, 0.05) is 55.1 Å². The summed E-state index contributed by atoms with van der Waals surface area (Å²) in [6.45, 7) is 2.55. The lowest BCUT2D eigenvalue weighted by Crippen LogP contribution is -2.50. The number of anilines is 3. The number of carbonyl (C=O) groups excluding carboxylic acids is 1. The molecule has 32 heavy (non-hydrogen) atoms. The number of aromatic nitrogens is 1. The summed E-state index contributed by atoms with van der Waals surface area (Å²) < 4.78 is 10.7. The predicted octanol–water partition coefficient (Wildman–Crippen LogP) is 4.03. The molecule has 1 saturated heterocycles. The fraction of sp³-hybridized carbons (Fsp3) is 0.273. The number of urea groups is 1. The predicted molar refractivity (Wildman–Crippen MR) is 133 cm³/mol. The summed E-state index contributed by atoms with van der Waals surface area (Å²) in [5.41, 5.74) is 8.46. The summed E-state index contributed by atoms with van der Waals surface area (Å²) in [5.74, 6) is 2.01. The topological polar surface area (TPSA) is 93.0 Å². The monoisotopic (exact) mass is 479 g/mol. The Morgan fingerprint density at radius 1 is 0.969 bits per heavy atom. The van der Waals surface area contributed by atoms with E-state index in [2.05, 4.69) is 10.2 Å². The average Bonchev–Trinajstić information content (AvgIpc) is 2.79. The Hall–Kier alpha value is -3.10. The first-order chi connectivity index (χ1) is 14.6. The number of piperazine rings is 1. The Morgan fingerprint density at radius 3 is 2.22 bits per heavy atom. The lowest BCUT2D eigenvalue weighted by molar-refractivity contribution is 0.208. The van der Waals surface area contributed by atoms with Crippen molar-refractivity contribution in [2.75, 3.05) is 56.3 Å². The second-order valence-corrected chi connectivity index (χ2v) is 7.06. The van der Waals surface area contributed by atoms with E-state index in [4.69, 9.17) is 20.2 Å². The number of nitrogens with two attached hydrogens (primary N) is 1. The molecule has 2 aromatic carbocycles. The first kappa shape index (κ1) is 25.2. The Labute approximate surface area is 199 Å². The van der Waals surface area contributed by atoms with Gasteiger partial charge in [0.05, 0.1) is 19.7 Å². The number of nitrogens with zero attached hydrogens (tertiary/aromatic N) is 3. The summed E-state index contributed by atoms with van der Waals surface area (Å²) in [4.78, 5) is 21.2. The highest BCUT2D eigenvalue weighted by atomic mass is 35.5. The van der Waals surface area contributed by atoms with Gasteiger partial charge in [-0.3, -0.25) is 0 Å². The number of halogens is 2. The molecule has 0 saturated carbocycles. The van der Waals surface area contributed by atoms with Gasteiger partial charge in [-0.05, 0) is 18.2 Å². The van der Waals surface area contributed by atoms with Crippen molar-refractivity contribution in [3.63, 3.8) is 0 Å². The molecule has 8 nitrogen and oxygen atoms in total. The third-order valence-corrected chi connectivity index (χ3v) is 5.25. The van der Waals surface area contributed by atoms with E-state index < -0.39 is 0 Å². The van der Waals surface area contributed by atoms with Crippen LogP contribution in [-0.4, -0.2) is 56.3 Å². The Kier molecular flexibility index (Phi) is 8.63. The molecule has 2 heterocycles. The third-order valence-electron chi connectivity index (χ3n) is 5.25. The van der Waals surface area contributed by atoms with Crippen LogP contribution in [0.3, 0.4) is 0 Å². The zero-order valence-electron chi connectivity index (χ0n) is 17.9. The van der Waals surface area contributed by atoms with Crippen LogP contribution < -0.4 is 25.4 Å². The summed E-state index contributed by atoms with van der Waals surface area (Å²) >= 11 is 0. The lowest BCUT2D eigenvalue weighted by Gasteiger charge is -2.35. The van der Waals surface area contributed by atoms with Crippen molar-refractivity contribution in [1.29, 1.82) is 0 Å². The van der Waals surface area contributed by atoms with Crippen molar-refractivity contribution in [3.05, 3.63) is 48.5 Å². The SMILES string of the molecule is COc1cc2nc(N3CCN(C(=O)Nc4ccccc4)CC3)cc(N)c2cc1OC.Cl.Cl. The summed E-state index contributed by atoms with van der Waals surface area (Å²) in [5, 5.41) is 3.75. The molecule has 1 aromatic heterocycles. The number of ether oxygens (including phenoxy) is 2. The molecule has 1 fully saturated rings. The molecule has 0 bridgehead atoms. The zero-order valence-corrected chi connectivity index (χ0v) is 19.5. The van der Waals surface area contributed by atoms with Crippen LogP contribution in [0.25, 0.3) is 10.9 Å². The van der Waals surface area contributed by atoms with Gasteiger partial charge >= 0.3 is 6.03 Å². The molecule has 1 aliphatic heterocycles. The van der Waals surface area contributed by atoms with E-state index >= 15 is 0 Å². The quantitative estimate of drug-likeness (QED) is 0.586. The highest BCUT2D eigenvalue weighted by molar-refractivity contribution is 5.94. The highest BCUT2D eigenvalue weighted by Crippen LogP contribution is 2.35. The summed E-state index contributed by atoms with van der Waals surface area (Å²) in [7, 11) is 3.19. The number of carbonyl (C=O) groups is 1. The molecule has 0 atom stereocenters. The maximum atomic E-state index is 12.5. The fourth-order valence-corrected chi connectivity index (χ4v) is 3.59. The number of amides is 2. The minimum absolute atomic E-state index is 0. The van der Waals surface area contributed by atoms with Crippen LogP contribution in [0.1, 0.15) is 0 Å². The summed E-state index contributed by atoms with van der Waals surface area (Å²) in [6.07, 6.45) is 0. The van der Waals surface area contributed by atoms with Crippen LogP contribution in [0.2, 0.25) is 0 Å². The largest absolute Gasteiger partial charge is 0.493 e. The molecule has 0 aliphatic carbocycles. The van der Waals surface area contributed by atoms with Crippen LogP contribution in [0, 0.1) is 0 Å². The second-order valence-electron chi connectivity index (χ2n) is 7.06. The number of hydrogen-bond acceptors (Lipinski definition) is 6. The van der Waals surface area contributed by atoms with Crippen molar-refractivity contribution in [3.8, 4) is 11.5 Å². The molecule has 10 heteroatoms. The minimum Gasteiger partial charge on any atom is -0.493 e. The molecule has 1 aliphatic rings. The van der Waals surface area contributed by atoms with Crippen molar-refractivity contribution in [2.24, 2.45) is 0 Å². The van der Waals surface area contributed by atoms with E-state index in [0.29, 0.717) is 43.4 Å². The highest BCUT2D eigenvalue weighted by Gasteiger charge is 2.23. The van der Waals surface area contributed by atoms with E-state index in [1.54, 1.807) is 14.2 Å². The number of benzene rings is 2. The number of methoxy groups -OCH3 is 2. The molecule has 172 valence electrons. The van der Waals surface area contributed by atoms with Gasteiger partial charge in [0.2, 0.25) is 0 Å². The smallest absolute Gasteiger partial charge is 0.321 e. The first-order valence-electron chi connectivity index (χ1n) is 9.77. The lowest BCUT2D eigenvalue weighted by atomic mass is 10.1. The zero-order chi connectivity index (χ0) is 21.1. The van der Waals surface area contributed by atoms with Crippen LogP contribution in [0.5, 0.6) is 11.5 Å². The number of fused-ring (bicyclic) bond motifs is 1. The molecule has 3 N–H and O–H groups in total. The Balaban J connectivity index is 0.00000181. The number of pyridine rings is 1. The van der Waals surface area contributed by atoms with Gasteiger partial charge in [0.25, 0.3) is 0 Å². The van der Waals surface area contributed by atoms with Gasteiger partial charge in [-0.2, -0.15) is 0 Å². The van der Waals surface area contributed by atoms with E-state index in [1.165, 1.54) is 0 Å². The molecular formula is C22H27Cl2N5O3. The number of hydrogen-bond donors (Lipinski definition) is 2. The summed E-state index contributed by atoms with van der Waals surface area (Å²) in [6, 6.07) is 14.9. The van der Waals surface area contributed by atoms with Crippen LogP contribution in [0.4, 0.5) is 22.0 Å². The Morgan fingerprint density at radius 2 is 1.59 bits per heavy atom. The van der Waals surface area contributed by atoms with Gasteiger partial charge in [0.15, 0.2) is 11.5 Å². The van der Waals surface area contributed by atoms with Crippen LogP contribution in [-0.2, 0) is 0 Å². The Bertz CT molecular complexity index is 1060. The van der Waals surface area contributed by atoms with E-state index in [1.807, 2.05) is 53.4 Å². The maximum absolute atomic E-state index is 12.5. The van der Waals surface area contributed by atoms with Crippen LogP contribution in [0.15, 0.2) is 48.5 Å². The first-order valence-corrected chi connectivity index (χ1v) is 9.77. The van der Waals surface area contributed by atoms with E-state index in [-0.39, 0.29) is 30.8 Å². The number of nitrogen functional groups attached to an aromatic ring is 1. The van der Waals surface area contributed by atoms with Crippen molar-refractivity contribution < 1.29 is 14.3 Å². The van der Waals surface area contributed by atoms with Gasteiger partial charge in [-0.25, -0.2) is 9.78 Å². The molecule has 0 radical (unpaired) electrons. The fourth-order valence-electron chi connectivity index (χ4n) is 3.59. The normalized spacial score (nSPS) is 13.1. The van der Waals surface area contributed by atoms with E-state index in [9.17, 15) is 4.79 Å². The van der Waals surface area contributed by atoms with Gasteiger partial charge < -0.3 is 30.3 Å². The van der Waals surface area contributed by atoms with Crippen molar-refractivity contribution in [2.45, 2.75) is 0 Å². The van der Waals surface area contributed by atoms with Gasteiger partial charge in [0.1, 0.15) is 5.82 Å². The molecule has 0 unspecified atom stereocenters.